The van der Waals surface area contributed by atoms with Gasteiger partial charge >= 0.3 is 0 Å². The molecule has 1 aromatic rings. The van der Waals surface area contributed by atoms with Gasteiger partial charge in [0, 0.05) is 26.2 Å². The van der Waals surface area contributed by atoms with E-state index in [0.717, 1.165) is 19.6 Å². The molecule has 1 aromatic carbocycles. The second-order valence-electron chi connectivity index (χ2n) is 5.37. The maximum Gasteiger partial charge on any atom is 0.0713 e. The molecule has 3 nitrogen and oxygen atoms in total. The van der Waals surface area contributed by atoms with Gasteiger partial charge in [-0.3, -0.25) is 4.90 Å². The molecule has 1 atom stereocenters. The monoisotopic (exact) mass is 262 g/mol. The summed E-state index contributed by atoms with van der Waals surface area (Å²) in [5, 5.41) is 3.58. The molecule has 1 fully saturated rings. The zero-order valence-electron chi connectivity index (χ0n) is 12.2. The molecule has 0 spiro atoms. The number of hydrogen-bond acceptors (Lipinski definition) is 3. The van der Waals surface area contributed by atoms with Crippen molar-refractivity contribution in [2.45, 2.75) is 39.0 Å². The molecule has 0 aromatic heterocycles. The van der Waals surface area contributed by atoms with E-state index in [1.165, 1.54) is 30.5 Å². The summed E-state index contributed by atoms with van der Waals surface area (Å²) in [7, 11) is 1.75. The Morgan fingerprint density at radius 2 is 2.21 bits per heavy atom. The molecule has 0 amide bonds. The Kier molecular flexibility index (Phi) is 5.83. The molecule has 1 unspecified atom stereocenters. The van der Waals surface area contributed by atoms with Crippen molar-refractivity contribution in [3.05, 3.63) is 35.4 Å². The van der Waals surface area contributed by atoms with Crippen LogP contribution in [0.2, 0.25) is 0 Å². The summed E-state index contributed by atoms with van der Waals surface area (Å²) in [6, 6.07) is 9.41. The van der Waals surface area contributed by atoms with Crippen LogP contribution in [0.3, 0.4) is 0 Å². The third-order valence-electron chi connectivity index (χ3n) is 3.80. The van der Waals surface area contributed by atoms with Crippen molar-refractivity contribution < 1.29 is 4.74 Å². The first-order chi connectivity index (χ1) is 9.31. The molecular weight excluding hydrogens is 236 g/mol. The van der Waals surface area contributed by atoms with Crippen LogP contribution in [0.25, 0.3) is 0 Å². The minimum absolute atomic E-state index is 0.683. The van der Waals surface area contributed by atoms with Crippen LogP contribution < -0.4 is 5.32 Å². The molecule has 106 valence electrons. The highest BCUT2D eigenvalue weighted by atomic mass is 16.5. The van der Waals surface area contributed by atoms with E-state index in [-0.39, 0.29) is 0 Å². The lowest BCUT2D eigenvalue weighted by Gasteiger charge is -2.24. The maximum absolute atomic E-state index is 5.20. The third-order valence-corrected chi connectivity index (χ3v) is 3.80. The smallest absolute Gasteiger partial charge is 0.0713 e. The van der Waals surface area contributed by atoms with E-state index >= 15 is 0 Å². The van der Waals surface area contributed by atoms with Crippen molar-refractivity contribution in [1.82, 2.24) is 10.2 Å². The number of nitrogens with zero attached hydrogens (tertiary/aromatic N) is 1. The molecule has 2 rings (SSSR count). The fraction of sp³-hybridized carbons (Fsp3) is 0.625. The lowest BCUT2D eigenvalue weighted by atomic mass is 10.1. The van der Waals surface area contributed by atoms with E-state index in [1.807, 2.05) is 0 Å². The second-order valence-corrected chi connectivity index (χ2v) is 5.37. The van der Waals surface area contributed by atoms with Crippen molar-refractivity contribution >= 4 is 0 Å². The van der Waals surface area contributed by atoms with Gasteiger partial charge in [0.05, 0.1) is 6.61 Å². The SMILES string of the molecule is CCN(Cc1cccc(COC)c1)CC1CCCN1. The third kappa shape index (κ3) is 4.60. The van der Waals surface area contributed by atoms with Gasteiger partial charge in [-0.2, -0.15) is 0 Å². The Morgan fingerprint density at radius 3 is 2.89 bits per heavy atom. The molecular formula is C16H26N2O. The van der Waals surface area contributed by atoms with Crippen molar-refractivity contribution in [1.29, 1.82) is 0 Å². The average Bonchev–Trinajstić information content (AvgIpc) is 2.92. The molecule has 1 N–H and O–H groups in total. The largest absolute Gasteiger partial charge is 0.380 e. The summed E-state index contributed by atoms with van der Waals surface area (Å²) in [6.07, 6.45) is 2.64. The van der Waals surface area contributed by atoms with Gasteiger partial charge in [0.25, 0.3) is 0 Å². The van der Waals surface area contributed by atoms with Gasteiger partial charge in [0.1, 0.15) is 0 Å². The van der Waals surface area contributed by atoms with Crippen LogP contribution in [0.4, 0.5) is 0 Å². The molecule has 1 aliphatic rings. The molecule has 1 aliphatic heterocycles. The number of benzene rings is 1. The van der Waals surface area contributed by atoms with E-state index in [4.69, 9.17) is 4.74 Å². The average molecular weight is 262 g/mol. The summed E-state index contributed by atoms with van der Waals surface area (Å²) < 4.78 is 5.20. The number of nitrogens with one attached hydrogen (secondary N) is 1. The van der Waals surface area contributed by atoms with E-state index in [9.17, 15) is 0 Å². The molecule has 0 saturated carbocycles. The van der Waals surface area contributed by atoms with Gasteiger partial charge in [-0.1, -0.05) is 31.2 Å². The maximum atomic E-state index is 5.20. The van der Waals surface area contributed by atoms with Crippen LogP contribution in [0.5, 0.6) is 0 Å². The van der Waals surface area contributed by atoms with Crippen LogP contribution in [0.15, 0.2) is 24.3 Å². The van der Waals surface area contributed by atoms with Crippen molar-refractivity contribution in [2.24, 2.45) is 0 Å². The molecule has 1 heterocycles. The van der Waals surface area contributed by atoms with E-state index < -0.39 is 0 Å². The Morgan fingerprint density at radius 1 is 1.37 bits per heavy atom. The highest BCUT2D eigenvalue weighted by Crippen LogP contribution is 2.12. The summed E-state index contributed by atoms with van der Waals surface area (Å²) in [4.78, 5) is 2.52. The highest BCUT2D eigenvalue weighted by molar-refractivity contribution is 5.23. The Bertz CT molecular complexity index is 375. The fourth-order valence-electron chi connectivity index (χ4n) is 2.77. The van der Waals surface area contributed by atoms with Crippen LogP contribution in [0.1, 0.15) is 30.9 Å². The van der Waals surface area contributed by atoms with E-state index in [1.54, 1.807) is 7.11 Å². The van der Waals surface area contributed by atoms with Crippen molar-refractivity contribution in [2.75, 3.05) is 26.7 Å². The normalized spacial score (nSPS) is 19.2. The molecule has 3 heteroatoms. The lowest BCUT2D eigenvalue weighted by molar-refractivity contribution is 0.184. The number of hydrogen-bond donors (Lipinski definition) is 1. The summed E-state index contributed by atoms with van der Waals surface area (Å²) >= 11 is 0. The van der Waals surface area contributed by atoms with Crippen molar-refractivity contribution in [3.8, 4) is 0 Å². The first-order valence-electron chi connectivity index (χ1n) is 7.34. The van der Waals surface area contributed by atoms with E-state index in [2.05, 4.69) is 41.4 Å². The Balaban J connectivity index is 1.91. The van der Waals surface area contributed by atoms with Gasteiger partial charge in [0.2, 0.25) is 0 Å². The van der Waals surface area contributed by atoms with Crippen molar-refractivity contribution in [3.63, 3.8) is 0 Å². The van der Waals surface area contributed by atoms with Crippen LogP contribution in [0, 0.1) is 0 Å². The second kappa shape index (κ2) is 7.63. The van der Waals surface area contributed by atoms with Crippen LogP contribution in [-0.4, -0.2) is 37.7 Å². The molecule has 0 bridgehead atoms. The highest BCUT2D eigenvalue weighted by Gasteiger charge is 2.17. The first kappa shape index (κ1) is 14.5. The summed E-state index contributed by atoms with van der Waals surface area (Å²) in [5.41, 5.74) is 2.64. The molecule has 1 saturated heterocycles. The lowest BCUT2D eigenvalue weighted by Crippen LogP contribution is -2.37. The fourth-order valence-corrected chi connectivity index (χ4v) is 2.77. The minimum atomic E-state index is 0.683. The zero-order valence-corrected chi connectivity index (χ0v) is 12.2. The topological polar surface area (TPSA) is 24.5 Å². The zero-order chi connectivity index (χ0) is 13.5. The molecule has 19 heavy (non-hydrogen) atoms. The number of rotatable bonds is 7. The molecule has 0 radical (unpaired) electrons. The number of likely N-dealkylation sites (N-methyl/N-ethyl adjacent to an activating group) is 1. The summed E-state index contributed by atoms with van der Waals surface area (Å²) in [5.74, 6) is 0. The van der Waals surface area contributed by atoms with Gasteiger partial charge in [-0.05, 0) is 37.1 Å². The number of methoxy groups -OCH3 is 1. The van der Waals surface area contributed by atoms with E-state index in [0.29, 0.717) is 12.6 Å². The predicted molar refractivity (Wildman–Crippen MR) is 79.1 cm³/mol. The van der Waals surface area contributed by atoms with Crippen LogP contribution in [-0.2, 0) is 17.9 Å². The Labute approximate surface area is 116 Å². The van der Waals surface area contributed by atoms with Crippen LogP contribution >= 0.6 is 0 Å². The first-order valence-corrected chi connectivity index (χ1v) is 7.34. The number of ether oxygens (including phenoxy) is 1. The minimum Gasteiger partial charge on any atom is -0.380 e. The van der Waals surface area contributed by atoms with Gasteiger partial charge in [-0.15, -0.1) is 0 Å². The quantitative estimate of drug-likeness (QED) is 0.816. The van der Waals surface area contributed by atoms with Gasteiger partial charge in [-0.25, -0.2) is 0 Å². The van der Waals surface area contributed by atoms with Gasteiger partial charge < -0.3 is 10.1 Å². The van der Waals surface area contributed by atoms with Gasteiger partial charge in [0.15, 0.2) is 0 Å². The Hall–Kier alpha value is -0.900. The molecule has 0 aliphatic carbocycles. The standard InChI is InChI=1S/C16H26N2O/c1-3-18(12-16-8-5-9-17-16)11-14-6-4-7-15(10-14)13-19-2/h4,6-7,10,16-17H,3,5,8-9,11-13H2,1-2H3. The summed E-state index contributed by atoms with van der Waals surface area (Å²) in [6.45, 7) is 7.42. The predicted octanol–water partition coefficient (Wildman–Crippen LogP) is 2.41.